The van der Waals surface area contributed by atoms with Crippen LogP contribution in [0.4, 0.5) is 12.0 Å². The third kappa shape index (κ3) is 2.50. The SMILES string of the molecule is Cc1coc(NS(=O)(=O)c2cnc(N)nc2)n1. The zero-order valence-corrected chi connectivity index (χ0v) is 9.60. The van der Waals surface area contributed by atoms with Crippen LogP contribution < -0.4 is 10.5 Å². The zero-order valence-electron chi connectivity index (χ0n) is 8.78. The lowest BCUT2D eigenvalue weighted by atomic mass is 10.6. The Kier molecular flexibility index (Phi) is 2.68. The molecule has 2 aromatic heterocycles. The Labute approximate surface area is 97.0 Å². The van der Waals surface area contributed by atoms with Gasteiger partial charge in [-0.2, -0.15) is 4.98 Å². The fourth-order valence-corrected chi connectivity index (χ4v) is 1.86. The number of sulfonamides is 1. The predicted molar refractivity (Wildman–Crippen MR) is 58.5 cm³/mol. The van der Waals surface area contributed by atoms with Crippen molar-refractivity contribution in [3.63, 3.8) is 0 Å². The summed E-state index contributed by atoms with van der Waals surface area (Å²) in [6.07, 6.45) is 3.53. The number of nitrogens with zero attached hydrogens (tertiary/aromatic N) is 3. The van der Waals surface area contributed by atoms with Crippen molar-refractivity contribution in [2.45, 2.75) is 11.8 Å². The van der Waals surface area contributed by atoms with Crippen LogP contribution in [-0.2, 0) is 10.0 Å². The van der Waals surface area contributed by atoms with E-state index in [0.29, 0.717) is 5.69 Å². The zero-order chi connectivity index (χ0) is 12.5. The first-order valence-corrected chi connectivity index (χ1v) is 5.98. The molecule has 0 spiro atoms. The fourth-order valence-electron chi connectivity index (χ4n) is 1.04. The number of hydrogen-bond donors (Lipinski definition) is 2. The molecule has 90 valence electrons. The third-order valence-electron chi connectivity index (χ3n) is 1.80. The van der Waals surface area contributed by atoms with E-state index in [0.717, 1.165) is 12.4 Å². The second-order valence-electron chi connectivity index (χ2n) is 3.18. The second kappa shape index (κ2) is 4.01. The van der Waals surface area contributed by atoms with E-state index in [-0.39, 0.29) is 16.9 Å². The molecule has 0 radical (unpaired) electrons. The molecule has 2 aromatic rings. The van der Waals surface area contributed by atoms with Gasteiger partial charge in [-0.25, -0.2) is 23.1 Å². The topological polar surface area (TPSA) is 124 Å². The number of nitrogens with one attached hydrogen (secondary N) is 1. The lowest BCUT2D eigenvalue weighted by Crippen LogP contribution is -2.14. The molecule has 0 aliphatic rings. The minimum Gasteiger partial charge on any atom is -0.431 e. The number of aryl methyl sites for hydroxylation is 1. The Morgan fingerprint density at radius 2 is 2.00 bits per heavy atom. The summed E-state index contributed by atoms with van der Waals surface area (Å²) in [6.45, 7) is 1.67. The molecule has 2 rings (SSSR count). The number of nitrogens with two attached hydrogens (primary N) is 1. The van der Waals surface area contributed by atoms with Gasteiger partial charge in [-0.15, -0.1) is 0 Å². The van der Waals surface area contributed by atoms with Gasteiger partial charge < -0.3 is 10.2 Å². The van der Waals surface area contributed by atoms with E-state index in [1.807, 2.05) is 0 Å². The molecule has 0 saturated carbocycles. The lowest BCUT2D eigenvalue weighted by molar-refractivity contribution is 0.569. The lowest BCUT2D eigenvalue weighted by Gasteiger charge is -2.03. The number of anilines is 2. The van der Waals surface area contributed by atoms with E-state index in [1.54, 1.807) is 6.92 Å². The van der Waals surface area contributed by atoms with Gasteiger partial charge in [0.15, 0.2) is 0 Å². The molecule has 8 nitrogen and oxygen atoms in total. The first-order chi connectivity index (χ1) is 7.97. The summed E-state index contributed by atoms with van der Waals surface area (Å²) in [5, 5.41) is 0. The Hall–Kier alpha value is -2.16. The van der Waals surface area contributed by atoms with Gasteiger partial charge in [0.25, 0.3) is 10.0 Å². The highest BCUT2D eigenvalue weighted by Gasteiger charge is 2.17. The van der Waals surface area contributed by atoms with Crippen LogP contribution >= 0.6 is 0 Å². The summed E-state index contributed by atoms with van der Waals surface area (Å²) < 4.78 is 30.6. The average Bonchev–Trinajstić information content (AvgIpc) is 2.63. The molecule has 0 saturated heterocycles. The van der Waals surface area contributed by atoms with Crippen LogP contribution in [0.5, 0.6) is 0 Å². The van der Waals surface area contributed by atoms with Crippen molar-refractivity contribution in [2.24, 2.45) is 0 Å². The Morgan fingerprint density at radius 3 is 2.53 bits per heavy atom. The summed E-state index contributed by atoms with van der Waals surface area (Å²) >= 11 is 0. The average molecular weight is 255 g/mol. The fraction of sp³-hybridized carbons (Fsp3) is 0.125. The summed E-state index contributed by atoms with van der Waals surface area (Å²) in [5.41, 5.74) is 5.82. The van der Waals surface area contributed by atoms with Crippen LogP contribution in [0.15, 0.2) is 28.0 Å². The predicted octanol–water partition coefficient (Wildman–Crippen LogP) is 0.156. The normalized spacial score (nSPS) is 11.4. The highest BCUT2D eigenvalue weighted by atomic mass is 32.2. The number of rotatable bonds is 3. The van der Waals surface area contributed by atoms with Crippen LogP contribution in [-0.4, -0.2) is 23.4 Å². The molecule has 0 unspecified atom stereocenters. The summed E-state index contributed by atoms with van der Waals surface area (Å²) in [6, 6.07) is -0.112. The van der Waals surface area contributed by atoms with E-state index >= 15 is 0 Å². The van der Waals surface area contributed by atoms with E-state index in [1.165, 1.54) is 6.26 Å². The molecule has 0 aromatic carbocycles. The minimum atomic E-state index is -3.80. The monoisotopic (exact) mass is 255 g/mol. The van der Waals surface area contributed by atoms with Crippen molar-refractivity contribution < 1.29 is 12.8 Å². The van der Waals surface area contributed by atoms with Crippen molar-refractivity contribution in [3.8, 4) is 0 Å². The number of nitrogen functional groups attached to an aromatic ring is 1. The summed E-state index contributed by atoms with van der Waals surface area (Å²) in [5.74, 6) is -0.00378. The number of aromatic nitrogens is 3. The van der Waals surface area contributed by atoms with Crippen molar-refractivity contribution in [1.29, 1.82) is 0 Å². The van der Waals surface area contributed by atoms with E-state index < -0.39 is 10.0 Å². The van der Waals surface area contributed by atoms with Crippen molar-refractivity contribution in [3.05, 3.63) is 24.4 Å². The van der Waals surface area contributed by atoms with Crippen LogP contribution in [0.1, 0.15) is 5.69 Å². The summed E-state index contributed by atoms with van der Waals surface area (Å²) in [7, 11) is -3.80. The molecule has 0 atom stereocenters. The summed E-state index contributed by atoms with van der Waals surface area (Å²) in [4.78, 5) is 10.9. The molecule has 9 heteroatoms. The van der Waals surface area contributed by atoms with Crippen LogP contribution in [0.25, 0.3) is 0 Å². The Balaban J connectivity index is 2.28. The van der Waals surface area contributed by atoms with Gasteiger partial charge in [-0.3, -0.25) is 0 Å². The van der Waals surface area contributed by atoms with Gasteiger partial charge in [-0.05, 0) is 6.92 Å². The van der Waals surface area contributed by atoms with Gasteiger partial charge in [0, 0.05) is 0 Å². The van der Waals surface area contributed by atoms with Crippen molar-refractivity contribution in [1.82, 2.24) is 15.0 Å². The second-order valence-corrected chi connectivity index (χ2v) is 4.86. The maximum Gasteiger partial charge on any atom is 0.309 e. The molecule has 0 amide bonds. The Bertz CT molecular complexity index is 619. The maximum absolute atomic E-state index is 11.8. The third-order valence-corrected chi connectivity index (χ3v) is 3.07. The highest BCUT2D eigenvalue weighted by molar-refractivity contribution is 7.92. The molecule has 0 aliphatic heterocycles. The first-order valence-electron chi connectivity index (χ1n) is 4.50. The van der Waals surface area contributed by atoms with Crippen molar-refractivity contribution >= 4 is 22.0 Å². The van der Waals surface area contributed by atoms with Gasteiger partial charge in [-0.1, -0.05) is 0 Å². The first kappa shape index (κ1) is 11.3. The Morgan fingerprint density at radius 1 is 1.35 bits per heavy atom. The number of oxazole rings is 1. The van der Waals surface area contributed by atoms with E-state index in [4.69, 9.17) is 10.2 Å². The van der Waals surface area contributed by atoms with Crippen LogP contribution in [0, 0.1) is 6.92 Å². The molecule has 3 N–H and O–H groups in total. The maximum atomic E-state index is 11.8. The van der Waals surface area contributed by atoms with Gasteiger partial charge >= 0.3 is 6.01 Å². The standard InChI is InChI=1S/C8H9N5O3S/c1-5-4-16-8(12-5)13-17(14,15)6-2-10-7(9)11-3-6/h2-4H,1H3,(H,12,13)(H2,9,10,11). The minimum absolute atomic E-state index is 0.00378. The highest BCUT2D eigenvalue weighted by Crippen LogP contribution is 2.14. The van der Waals surface area contributed by atoms with Gasteiger partial charge in [0.05, 0.1) is 18.1 Å². The smallest absolute Gasteiger partial charge is 0.309 e. The van der Waals surface area contributed by atoms with Crippen LogP contribution in [0.3, 0.4) is 0 Å². The van der Waals surface area contributed by atoms with Crippen molar-refractivity contribution in [2.75, 3.05) is 10.5 Å². The quantitative estimate of drug-likeness (QED) is 0.800. The molecule has 0 fully saturated rings. The molecule has 0 aliphatic carbocycles. The largest absolute Gasteiger partial charge is 0.431 e. The molecule has 2 heterocycles. The van der Waals surface area contributed by atoms with Gasteiger partial charge in [0.2, 0.25) is 5.95 Å². The van der Waals surface area contributed by atoms with E-state index in [2.05, 4.69) is 19.7 Å². The van der Waals surface area contributed by atoms with E-state index in [9.17, 15) is 8.42 Å². The van der Waals surface area contributed by atoms with Crippen LogP contribution in [0.2, 0.25) is 0 Å². The molecular weight excluding hydrogens is 246 g/mol. The molecular formula is C8H9N5O3S. The number of hydrogen-bond acceptors (Lipinski definition) is 7. The van der Waals surface area contributed by atoms with Gasteiger partial charge in [0.1, 0.15) is 11.2 Å². The molecule has 17 heavy (non-hydrogen) atoms. The molecule has 0 bridgehead atoms.